The molecule has 1 heterocycles. The number of aromatic nitrogens is 2. The van der Waals surface area contributed by atoms with Gasteiger partial charge in [0.25, 0.3) is 0 Å². The van der Waals surface area contributed by atoms with Crippen LogP contribution in [0.4, 0.5) is 0 Å². The molecule has 0 amide bonds. The Labute approximate surface area is 82.2 Å². The quantitative estimate of drug-likeness (QED) is 0.720. The summed E-state index contributed by atoms with van der Waals surface area (Å²) in [5.74, 6) is 0.262. The zero-order valence-electron chi connectivity index (χ0n) is 7.67. The molecule has 0 aliphatic carbocycles. The molecule has 0 unspecified atom stereocenters. The molecule has 1 aromatic heterocycles. The Balaban J connectivity index is 2.61. The first-order chi connectivity index (χ1) is 6.51. The van der Waals surface area contributed by atoms with Crippen molar-refractivity contribution < 1.29 is 13.2 Å². The number of ether oxygens (including phenoxy) is 1. The topological polar surface area (TPSA) is 95.2 Å². The third-order valence-corrected chi connectivity index (χ3v) is 2.31. The van der Waals surface area contributed by atoms with E-state index in [4.69, 9.17) is 9.88 Å². The Bertz CT molecular complexity index is 387. The summed E-state index contributed by atoms with van der Waals surface area (Å²) in [5, 5.41) is 4.84. The minimum absolute atomic E-state index is 0.131. The normalized spacial score (nSPS) is 11.3. The molecule has 1 rings (SSSR count). The molecule has 0 atom stereocenters. The van der Waals surface area contributed by atoms with Crippen molar-refractivity contribution in [2.24, 2.45) is 5.14 Å². The van der Waals surface area contributed by atoms with Gasteiger partial charge >= 0.3 is 0 Å². The van der Waals surface area contributed by atoms with Crippen molar-refractivity contribution in [1.82, 2.24) is 9.97 Å². The molecule has 0 radical (unpaired) electrons. The number of hydrogen-bond acceptors (Lipinski definition) is 5. The second-order valence-electron chi connectivity index (χ2n) is 2.67. The van der Waals surface area contributed by atoms with E-state index in [9.17, 15) is 8.42 Å². The van der Waals surface area contributed by atoms with Crippen molar-refractivity contribution in [1.29, 1.82) is 0 Å². The van der Waals surface area contributed by atoms with Crippen LogP contribution in [-0.4, -0.2) is 31.2 Å². The zero-order chi connectivity index (χ0) is 10.6. The van der Waals surface area contributed by atoms with Crippen LogP contribution >= 0.6 is 0 Å². The SMILES string of the molecule is COc1cnc(CCS(N)(=O)=O)cn1. The van der Waals surface area contributed by atoms with Gasteiger partial charge in [-0.1, -0.05) is 0 Å². The van der Waals surface area contributed by atoms with Crippen molar-refractivity contribution >= 4 is 10.0 Å². The summed E-state index contributed by atoms with van der Waals surface area (Å²) in [7, 11) is -1.96. The molecular weight excluding hydrogens is 206 g/mol. The van der Waals surface area contributed by atoms with Crippen molar-refractivity contribution in [3.63, 3.8) is 0 Å². The number of nitrogens with zero attached hydrogens (tertiary/aromatic N) is 2. The number of primary sulfonamides is 1. The molecule has 0 spiro atoms. The van der Waals surface area contributed by atoms with Crippen LogP contribution < -0.4 is 9.88 Å². The summed E-state index contributed by atoms with van der Waals surface area (Å²) in [4.78, 5) is 7.82. The van der Waals surface area contributed by atoms with E-state index in [0.29, 0.717) is 11.6 Å². The molecule has 0 bridgehead atoms. The first-order valence-electron chi connectivity index (χ1n) is 3.86. The van der Waals surface area contributed by atoms with Crippen LogP contribution in [0.15, 0.2) is 12.4 Å². The van der Waals surface area contributed by atoms with Gasteiger partial charge in [-0.25, -0.2) is 18.5 Å². The standard InChI is InChI=1S/C7H11N3O3S/c1-13-7-5-9-6(4-10-7)2-3-14(8,11)12/h4-5H,2-3H2,1H3,(H2,8,11,12). The van der Waals surface area contributed by atoms with Gasteiger partial charge < -0.3 is 4.74 Å². The van der Waals surface area contributed by atoms with Crippen molar-refractivity contribution in [2.75, 3.05) is 12.9 Å². The van der Waals surface area contributed by atoms with Crippen molar-refractivity contribution in [3.05, 3.63) is 18.1 Å². The van der Waals surface area contributed by atoms with E-state index in [0.717, 1.165) is 0 Å². The minimum Gasteiger partial charge on any atom is -0.480 e. The molecule has 6 nitrogen and oxygen atoms in total. The van der Waals surface area contributed by atoms with Gasteiger partial charge in [-0.15, -0.1) is 0 Å². The van der Waals surface area contributed by atoms with Gasteiger partial charge in [0.1, 0.15) is 0 Å². The fourth-order valence-corrected chi connectivity index (χ4v) is 1.32. The predicted octanol–water partition coefficient (Wildman–Crippen LogP) is -0.684. The first-order valence-corrected chi connectivity index (χ1v) is 5.58. The van der Waals surface area contributed by atoms with Crippen molar-refractivity contribution in [3.8, 4) is 5.88 Å². The predicted molar refractivity (Wildman–Crippen MR) is 50.3 cm³/mol. The first kappa shape index (κ1) is 10.9. The fraction of sp³-hybridized carbons (Fsp3) is 0.429. The third kappa shape index (κ3) is 3.67. The summed E-state index contributed by atoms with van der Waals surface area (Å²) in [5.41, 5.74) is 0.569. The Morgan fingerprint density at radius 2 is 2.14 bits per heavy atom. The monoisotopic (exact) mass is 217 g/mol. The second kappa shape index (κ2) is 4.34. The van der Waals surface area contributed by atoms with Crippen LogP contribution in [0.25, 0.3) is 0 Å². The highest BCUT2D eigenvalue weighted by atomic mass is 32.2. The number of aryl methyl sites for hydroxylation is 1. The van der Waals surface area contributed by atoms with Gasteiger partial charge in [0.2, 0.25) is 15.9 Å². The summed E-state index contributed by atoms with van der Waals surface area (Å²) >= 11 is 0. The van der Waals surface area contributed by atoms with E-state index >= 15 is 0 Å². The average molecular weight is 217 g/mol. The molecule has 0 saturated carbocycles. The average Bonchev–Trinajstić information content (AvgIpc) is 2.14. The number of sulfonamides is 1. The molecule has 1 aromatic rings. The molecule has 14 heavy (non-hydrogen) atoms. The largest absolute Gasteiger partial charge is 0.480 e. The minimum atomic E-state index is -3.44. The van der Waals surface area contributed by atoms with Crippen LogP contribution in [0, 0.1) is 0 Å². The van der Waals surface area contributed by atoms with E-state index in [1.165, 1.54) is 19.5 Å². The van der Waals surface area contributed by atoms with Gasteiger partial charge in [0.15, 0.2) is 0 Å². The highest BCUT2D eigenvalue weighted by Crippen LogP contribution is 2.03. The maximum atomic E-state index is 10.6. The number of rotatable bonds is 4. The lowest BCUT2D eigenvalue weighted by Crippen LogP contribution is -2.18. The molecule has 0 aliphatic rings. The third-order valence-electron chi connectivity index (χ3n) is 1.53. The van der Waals surface area contributed by atoms with Crippen LogP contribution in [-0.2, 0) is 16.4 Å². The maximum absolute atomic E-state index is 10.6. The Morgan fingerprint density at radius 1 is 1.43 bits per heavy atom. The van der Waals surface area contributed by atoms with Gasteiger partial charge in [-0.2, -0.15) is 0 Å². The number of methoxy groups -OCH3 is 1. The molecule has 2 N–H and O–H groups in total. The van der Waals surface area contributed by atoms with E-state index < -0.39 is 10.0 Å². The maximum Gasteiger partial charge on any atom is 0.231 e. The number of nitrogens with two attached hydrogens (primary N) is 1. The van der Waals surface area contributed by atoms with E-state index in [-0.39, 0.29) is 12.2 Å². The second-order valence-corrected chi connectivity index (χ2v) is 4.40. The van der Waals surface area contributed by atoms with Gasteiger partial charge in [-0.3, -0.25) is 4.98 Å². The summed E-state index contributed by atoms with van der Waals surface area (Å²) in [6.45, 7) is 0. The molecule has 78 valence electrons. The molecule has 0 saturated heterocycles. The zero-order valence-corrected chi connectivity index (χ0v) is 8.49. The van der Waals surface area contributed by atoms with Gasteiger partial charge in [0.05, 0.1) is 31.0 Å². The van der Waals surface area contributed by atoms with Gasteiger partial charge in [-0.05, 0) is 0 Å². The van der Waals surface area contributed by atoms with Crippen LogP contribution in [0.1, 0.15) is 5.69 Å². The number of hydrogen-bond donors (Lipinski definition) is 1. The summed E-state index contributed by atoms with van der Waals surface area (Å²) < 4.78 is 26.1. The Hall–Kier alpha value is -1.21. The van der Waals surface area contributed by atoms with E-state index in [2.05, 4.69) is 9.97 Å². The lowest BCUT2D eigenvalue weighted by atomic mass is 10.3. The van der Waals surface area contributed by atoms with E-state index in [1.807, 2.05) is 0 Å². The lowest BCUT2D eigenvalue weighted by Gasteiger charge is -2.00. The van der Waals surface area contributed by atoms with Crippen LogP contribution in [0.2, 0.25) is 0 Å². The molecule has 7 heteroatoms. The molecular formula is C7H11N3O3S. The molecule has 0 aliphatic heterocycles. The van der Waals surface area contributed by atoms with Gasteiger partial charge in [0, 0.05) is 6.42 Å². The van der Waals surface area contributed by atoms with Crippen LogP contribution in [0.3, 0.4) is 0 Å². The fourth-order valence-electron chi connectivity index (χ4n) is 0.824. The van der Waals surface area contributed by atoms with Crippen molar-refractivity contribution in [2.45, 2.75) is 6.42 Å². The van der Waals surface area contributed by atoms with Crippen LogP contribution in [0.5, 0.6) is 5.88 Å². The smallest absolute Gasteiger partial charge is 0.231 e. The highest BCUT2D eigenvalue weighted by Gasteiger charge is 2.04. The van der Waals surface area contributed by atoms with E-state index in [1.54, 1.807) is 0 Å². The summed E-state index contributed by atoms with van der Waals surface area (Å²) in [6, 6.07) is 0. The Kier molecular flexibility index (Phi) is 3.37. The molecule has 0 fully saturated rings. The Morgan fingerprint density at radius 3 is 2.57 bits per heavy atom. The summed E-state index contributed by atoms with van der Waals surface area (Å²) in [6.07, 6.45) is 3.15. The lowest BCUT2D eigenvalue weighted by molar-refractivity contribution is 0.395. The highest BCUT2D eigenvalue weighted by molar-refractivity contribution is 7.89. The molecule has 0 aromatic carbocycles.